The van der Waals surface area contributed by atoms with Crippen molar-refractivity contribution in [3.63, 3.8) is 0 Å². The molecule has 0 saturated heterocycles. The third-order valence-corrected chi connectivity index (χ3v) is 0.111. The second kappa shape index (κ2) is 43.1. The Morgan fingerprint density at radius 3 is 0.722 bits per heavy atom. The van der Waals surface area contributed by atoms with Gasteiger partial charge in [-0.3, -0.25) is 19.2 Å². The van der Waals surface area contributed by atoms with Gasteiger partial charge in [-0.1, -0.05) is 0 Å². The molecular weight excluding hydrogens is 318 g/mol. The van der Waals surface area contributed by atoms with E-state index in [-0.39, 0.29) is 84.3 Å². The number of hydrogen-bond acceptors (Lipinski definition) is 8. The van der Waals surface area contributed by atoms with Gasteiger partial charge in [0.2, 0.25) is 0 Å². The van der Waals surface area contributed by atoms with Crippen LogP contribution in [0.15, 0.2) is 0 Å². The number of carbonyl (C=O) groups is 4. The molecule has 0 amide bonds. The fraction of sp³-hybridized carbons (Fsp3) is 0. The van der Waals surface area contributed by atoms with Crippen LogP contribution in [0.5, 0.6) is 0 Å². The van der Waals surface area contributed by atoms with Crippen LogP contribution in [-0.2, 0) is 41.9 Å². The fourth-order valence-electron chi connectivity index (χ4n) is 0. The van der Waals surface area contributed by atoms with E-state index in [1.807, 2.05) is 0 Å². The molecule has 10 nitrogen and oxygen atoms in total. The molecule has 2 atom stereocenters. The van der Waals surface area contributed by atoms with Gasteiger partial charge in [0.1, 0.15) is 0 Å². The molecule has 0 bridgehead atoms. The van der Waals surface area contributed by atoms with Gasteiger partial charge in [-0.2, -0.15) is 0 Å². The van der Waals surface area contributed by atoms with Crippen molar-refractivity contribution in [3.8, 4) is 0 Å². The van der Waals surface area contributed by atoms with E-state index in [9.17, 15) is 0 Å². The van der Waals surface area contributed by atoms with Crippen LogP contribution in [0.4, 0.5) is 0 Å². The second-order valence-electron chi connectivity index (χ2n) is 0.979. The molecule has 0 aliphatic carbocycles. The summed E-state index contributed by atoms with van der Waals surface area (Å²) < 4.78 is 48.2. The van der Waals surface area contributed by atoms with Gasteiger partial charge in [0.25, 0.3) is 0 Å². The van der Waals surface area contributed by atoms with Gasteiger partial charge in [-0.15, -0.1) is 0 Å². The minimum absolute atomic E-state index is 0. The van der Waals surface area contributed by atoms with Crippen LogP contribution in [0.25, 0.3) is 0 Å². The summed E-state index contributed by atoms with van der Waals surface area (Å²) in [6.07, 6.45) is 0.778. The normalized spacial score (nSPS) is 9.11. The number of carbonyl (C=O) groups excluding carboxylic acids is 4. The van der Waals surface area contributed by atoms with E-state index in [2.05, 4.69) is 0 Å². The second-order valence-corrected chi connectivity index (χ2v) is 1.85. The molecule has 2 N–H and O–H groups in total. The van der Waals surface area contributed by atoms with Gasteiger partial charge in [-0.05, 0) is 0 Å². The molecule has 0 rings (SSSR count). The van der Waals surface area contributed by atoms with Crippen molar-refractivity contribution in [3.05, 3.63) is 0 Å². The van der Waals surface area contributed by atoms with Crippen molar-refractivity contribution >= 4 is 47.9 Å². The Morgan fingerprint density at radius 1 is 0.667 bits per heavy atom. The summed E-state index contributed by atoms with van der Waals surface area (Å²) in [6.45, 7) is 0. The van der Waals surface area contributed by atoms with Crippen molar-refractivity contribution in [2.24, 2.45) is 0 Å². The van der Waals surface area contributed by atoms with Crippen LogP contribution in [0.3, 0.4) is 0 Å². The van der Waals surface area contributed by atoms with Gasteiger partial charge < -0.3 is 18.2 Å². The Bertz CT molecular complexity index is 190. The van der Waals surface area contributed by atoms with Crippen LogP contribution in [0, 0.1) is 0 Å². The molecule has 14 heteroatoms. The van der Waals surface area contributed by atoms with Crippen LogP contribution < -0.4 is 59.1 Å². The SMILES string of the molecule is O=CC=O.O=CC=O.O=S([O-])O.O=S([O-])O.[Na+].[Na+]. The molecule has 0 fully saturated rings. The first kappa shape index (κ1) is 36.4. The quantitative estimate of drug-likeness (QED) is 0.213. The molecule has 0 heterocycles. The minimum Gasteiger partial charge on any atom is -0.750 e. The number of rotatable bonds is 2. The van der Waals surface area contributed by atoms with Gasteiger partial charge in [0, 0.05) is 0 Å². The van der Waals surface area contributed by atoms with E-state index in [1.54, 1.807) is 0 Å². The third-order valence-electron chi connectivity index (χ3n) is 0.111. The number of aldehydes is 4. The molecule has 18 heavy (non-hydrogen) atoms. The maximum atomic E-state index is 8.81. The Hall–Kier alpha value is 0.820. The zero-order valence-corrected chi connectivity index (χ0v) is 14.9. The van der Waals surface area contributed by atoms with E-state index in [0.717, 1.165) is 0 Å². The van der Waals surface area contributed by atoms with E-state index in [1.165, 1.54) is 0 Å². The topological polar surface area (TPSA) is 189 Å². The Kier molecular flexibility index (Phi) is 87.0. The number of hydrogen-bond donors (Lipinski definition) is 2. The molecule has 0 aromatic heterocycles. The van der Waals surface area contributed by atoms with Crippen molar-refractivity contribution in [1.82, 2.24) is 0 Å². The molecule has 0 aliphatic rings. The van der Waals surface area contributed by atoms with E-state index in [4.69, 9.17) is 45.8 Å². The fourth-order valence-corrected chi connectivity index (χ4v) is 0. The summed E-state index contributed by atoms with van der Waals surface area (Å²) >= 11 is -5.72. The van der Waals surface area contributed by atoms with Gasteiger partial charge >= 0.3 is 59.1 Å². The monoisotopic (exact) mass is 324 g/mol. The average molecular weight is 324 g/mol. The summed E-state index contributed by atoms with van der Waals surface area (Å²) in [6, 6.07) is 0. The molecular formula is C4H6Na2O10S2. The van der Waals surface area contributed by atoms with Crippen molar-refractivity contribution in [2.45, 2.75) is 0 Å². The van der Waals surface area contributed by atoms with E-state index < -0.39 is 22.7 Å². The average Bonchev–Trinajstić information content (AvgIpc) is 2.16. The van der Waals surface area contributed by atoms with Gasteiger partial charge in [-0.25, -0.2) is 8.42 Å². The van der Waals surface area contributed by atoms with Crippen LogP contribution in [-0.4, -0.2) is 51.8 Å². The Labute approximate surface area is 151 Å². The largest absolute Gasteiger partial charge is 1.00 e. The Morgan fingerprint density at radius 2 is 0.722 bits per heavy atom. The molecule has 0 aromatic rings. The van der Waals surface area contributed by atoms with E-state index >= 15 is 0 Å². The summed E-state index contributed by atoms with van der Waals surface area (Å²) in [5.74, 6) is 0. The smallest absolute Gasteiger partial charge is 0.750 e. The predicted molar refractivity (Wildman–Crippen MR) is 47.4 cm³/mol. The summed E-state index contributed by atoms with van der Waals surface area (Å²) in [5, 5.41) is 0. The zero-order valence-electron chi connectivity index (χ0n) is 9.29. The van der Waals surface area contributed by atoms with E-state index in [0.29, 0.717) is 0 Å². The van der Waals surface area contributed by atoms with Gasteiger partial charge in [0.05, 0.1) is 22.7 Å². The summed E-state index contributed by atoms with van der Waals surface area (Å²) in [5.41, 5.74) is 0. The first-order chi connectivity index (χ1) is 7.29. The maximum Gasteiger partial charge on any atom is 1.00 e. The van der Waals surface area contributed by atoms with Crippen molar-refractivity contribution in [1.29, 1.82) is 0 Å². The molecule has 0 spiro atoms. The molecule has 0 aromatic carbocycles. The minimum atomic E-state index is -2.86. The first-order valence-electron chi connectivity index (χ1n) is 2.64. The molecule has 0 aliphatic heterocycles. The van der Waals surface area contributed by atoms with Gasteiger partial charge in [0.15, 0.2) is 25.1 Å². The van der Waals surface area contributed by atoms with Crippen molar-refractivity contribution < 1.29 is 105 Å². The molecule has 2 unspecified atom stereocenters. The standard InChI is InChI=1S/2C2H2O2.2Na.2H2O3S/c2*3-1-2-4;;;2*1-4(2)3/h2*1-2H;;;2*(H2,1,2,3)/q;;2*+1;;/p-2. The summed E-state index contributed by atoms with van der Waals surface area (Å²) in [4.78, 5) is 35.2. The van der Waals surface area contributed by atoms with Crippen LogP contribution in [0.2, 0.25) is 0 Å². The maximum absolute atomic E-state index is 8.81. The van der Waals surface area contributed by atoms with Crippen molar-refractivity contribution in [2.75, 3.05) is 0 Å². The zero-order chi connectivity index (χ0) is 14.0. The predicted octanol–water partition coefficient (Wildman–Crippen LogP) is -8.55. The molecule has 96 valence electrons. The Balaban J connectivity index is -0.0000000257. The summed E-state index contributed by atoms with van der Waals surface area (Å²) in [7, 11) is 0. The molecule has 0 saturated carbocycles. The first-order valence-corrected chi connectivity index (χ1v) is 4.70. The third kappa shape index (κ3) is 529. The molecule has 0 radical (unpaired) electrons. The van der Waals surface area contributed by atoms with Crippen LogP contribution in [0.1, 0.15) is 0 Å². The van der Waals surface area contributed by atoms with Crippen LogP contribution >= 0.6 is 0 Å².